The maximum Gasteiger partial charge on any atom is 0.174 e. The van der Waals surface area contributed by atoms with Crippen molar-refractivity contribution < 1.29 is 4.74 Å². The van der Waals surface area contributed by atoms with Crippen LogP contribution in [0.2, 0.25) is 0 Å². The van der Waals surface area contributed by atoms with Crippen molar-refractivity contribution in [2.75, 3.05) is 6.61 Å². The number of nitrogens with one attached hydrogen (secondary N) is 1. The molecule has 5 nitrogen and oxygen atoms in total. The van der Waals surface area contributed by atoms with Crippen molar-refractivity contribution in [3.8, 4) is 11.8 Å². The second-order valence-electron chi connectivity index (χ2n) is 4.11. The summed E-state index contributed by atoms with van der Waals surface area (Å²) in [6.45, 7) is 1.43. The Hall–Kier alpha value is -2.32. The second kappa shape index (κ2) is 6.57. The minimum atomic E-state index is 0.0659. The van der Waals surface area contributed by atoms with Crippen LogP contribution in [0, 0.1) is 11.3 Å². The lowest BCUT2D eigenvalue weighted by atomic mass is 10.2. The van der Waals surface area contributed by atoms with Gasteiger partial charge in [0.05, 0.1) is 6.54 Å². The molecule has 1 aromatic heterocycles. The van der Waals surface area contributed by atoms with Crippen LogP contribution in [0.4, 0.5) is 0 Å². The smallest absolute Gasteiger partial charge is 0.174 e. The van der Waals surface area contributed by atoms with Crippen LogP contribution < -0.4 is 10.1 Å². The SMILES string of the molecule is Cn1ccnc1CNCc1ccccc1OCC#N. The summed E-state index contributed by atoms with van der Waals surface area (Å²) < 4.78 is 7.35. The average Bonchev–Trinajstić information content (AvgIpc) is 2.83. The predicted molar refractivity (Wildman–Crippen MR) is 71.3 cm³/mol. The van der Waals surface area contributed by atoms with Crippen molar-refractivity contribution in [3.63, 3.8) is 0 Å². The van der Waals surface area contributed by atoms with E-state index in [0.29, 0.717) is 13.1 Å². The van der Waals surface area contributed by atoms with Gasteiger partial charge in [0.15, 0.2) is 6.61 Å². The number of nitriles is 1. The molecule has 0 atom stereocenters. The van der Waals surface area contributed by atoms with Gasteiger partial charge in [0.2, 0.25) is 0 Å². The lowest BCUT2D eigenvalue weighted by Gasteiger charge is -2.10. The number of hydrogen-bond donors (Lipinski definition) is 1. The normalized spacial score (nSPS) is 10.1. The summed E-state index contributed by atoms with van der Waals surface area (Å²) in [7, 11) is 1.97. The third kappa shape index (κ3) is 3.57. The molecule has 0 spiro atoms. The molecule has 1 aromatic carbocycles. The molecule has 19 heavy (non-hydrogen) atoms. The summed E-state index contributed by atoms with van der Waals surface area (Å²) in [5.74, 6) is 1.73. The van der Waals surface area contributed by atoms with Gasteiger partial charge in [-0.2, -0.15) is 5.26 Å². The summed E-state index contributed by atoms with van der Waals surface area (Å²) in [5.41, 5.74) is 1.03. The highest BCUT2D eigenvalue weighted by molar-refractivity contribution is 5.33. The zero-order chi connectivity index (χ0) is 13.5. The molecule has 1 N–H and O–H groups in total. The summed E-state index contributed by atoms with van der Waals surface area (Å²) in [6.07, 6.45) is 3.70. The number of aromatic nitrogens is 2. The van der Waals surface area contributed by atoms with E-state index in [1.165, 1.54) is 0 Å². The topological polar surface area (TPSA) is 62.9 Å². The highest BCUT2D eigenvalue weighted by Gasteiger charge is 2.03. The molecule has 1 heterocycles. The van der Waals surface area contributed by atoms with Gasteiger partial charge in [-0.3, -0.25) is 0 Å². The lowest BCUT2D eigenvalue weighted by Crippen LogP contribution is -2.16. The molecular weight excluding hydrogens is 240 g/mol. The molecule has 2 rings (SSSR count). The van der Waals surface area contributed by atoms with E-state index in [2.05, 4.69) is 10.3 Å². The fourth-order valence-electron chi connectivity index (χ4n) is 1.78. The standard InChI is InChI=1S/C14H16N4O/c1-18-8-7-17-14(18)11-16-10-12-4-2-3-5-13(12)19-9-6-15/h2-5,7-8,16H,9-11H2,1H3. The lowest BCUT2D eigenvalue weighted by molar-refractivity contribution is 0.362. The molecule has 0 aliphatic rings. The molecule has 0 bridgehead atoms. The van der Waals surface area contributed by atoms with E-state index >= 15 is 0 Å². The fourth-order valence-corrected chi connectivity index (χ4v) is 1.78. The highest BCUT2D eigenvalue weighted by Crippen LogP contribution is 2.17. The number of nitrogens with zero attached hydrogens (tertiary/aromatic N) is 3. The zero-order valence-electron chi connectivity index (χ0n) is 10.8. The van der Waals surface area contributed by atoms with Crippen LogP contribution in [0.1, 0.15) is 11.4 Å². The van der Waals surface area contributed by atoms with Gasteiger partial charge in [-0.05, 0) is 6.07 Å². The Morgan fingerprint density at radius 1 is 1.37 bits per heavy atom. The monoisotopic (exact) mass is 256 g/mol. The molecule has 0 amide bonds. The van der Waals surface area contributed by atoms with E-state index in [1.807, 2.05) is 48.1 Å². The summed E-state index contributed by atoms with van der Waals surface area (Å²) in [6, 6.07) is 9.68. The maximum absolute atomic E-state index is 8.55. The molecule has 5 heteroatoms. The first-order valence-electron chi connectivity index (χ1n) is 6.06. The van der Waals surface area contributed by atoms with Gasteiger partial charge in [0, 0.05) is 31.5 Å². The molecule has 0 saturated carbocycles. The zero-order valence-corrected chi connectivity index (χ0v) is 10.8. The molecule has 0 fully saturated rings. The molecule has 0 aliphatic carbocycles. The number of rotatable bonds is 6. The third-order valence-corrected chi connectivity index (χ3v) is 2.78. The highest BCUT2D eigenvalue weighted by atomic mass is 16.5. The number of ether oxygens (including phenoxy) is 1. The van der Waals surface area contributed by atoms with Gasteiger partial charge in [0.1, 0.15) is 17.6 Å². The van der Waals surface area contributed by atoms with Crippen LogP contribution in [0.3, 0.4) is 0 Å². The van der Waals surface area contributed by atoms with Crippen molar-refractivity contribution in [1.82, 2.24) is 14.9 Å². The second-order valence-corrected chi connectivity index (χ2v) is 4.11. The van der Waals surface area contributed by atoms with Gasteiger partial charge in [-0.15, -0.1) is 0 Å². The van der Waals surface area contributed by atoms with Gasteiger partial charge < -0.3 is 14.6 Å². The van der Waals surface area contributed by atoms with Crippen LogP contribution in [0.15, 0.2) is 36.7 Å². The number of aryl methyl sites for hydroxylation is 1. The first-order valence-corrected chi connectivity index (χ1v) is 6.06. The summed E-state index contributed by atoms with van der Waals surface area (Å²) >= 11 is 0. The first kappa shape index (κ1) is 13.1. The van der Waals surface area contributed by atoms with E-state index < -0.39 is 0 Å². The van der Waals surface area contributed by atoms with E-state index in [-0.39, 0.29) is 6.61 Å². The summed E-state index contributed by atoms with van der Waals surface area (Å²) in [4.78, 5) is 4.25. The molecule has 98 valence electrons. The van der Waals surface area contributed by atoms with E-state index in [9.17, 15) is 0 Å². The molecule has 0 radical (unpaired) electrons. The minimum Gasteiger partial charge on any atom is -0.478 e. The van der Waals surface area contributed by atoms with Crippen LogP contribution in [-0.4, -0.2) is 16.2 Å². The molecular formula is C14H16N4O. The van der Waals surface area contributed by atoms with Crippen molar-refractivity contribution in [1.29, 1.82) is 5.26 Å². The van der Waals surface area contributed by atoms with E-state index in [1.54, 1.807) is 6.20 Å². The van der Waals surface area contributed by atoms with Crippen LogP contribution in [0.25, 0.3) is 0 Å². The van der Waals surface area contributed by atoms with E-state index in [0.717, 1.165) is 17.1 Å². The molecule has 2 aromatic rings. The average molecular weight is 256 g/mol. The number of para-hydroxylation sites is 1. The Balaban J connectivity index is 1.92. The third-order valence-electron chi connectivity index (χ3n) is 2.78. The Labute approximate surface area is 112 Å². The minimum absolute atomic E-state index is 0.0659. The Morgan fingerprint density at radius 3 is 2.95 bits per heavy atom. The van der Waals surface area contributed by atoms with Crippen LogP contribution in [0.5, 0.6) is 5.75 Å². The van der Waals surface area contributed by atoms with Gasteiger partial charge in [-0.25, -0.2) is 4.98 Å². The summed E-state index contributed by atoms with van der Waals surface area (Å²) in [5, 5.41) is 11.9. The van der Waals surface area contributed by atoms with Gasteiger partial charge in [0.25, 0.3) is 0 Å². The number of hydrogen-bond acceptors (Lipinski definition) is 4. The largest absolute Gasteiger partial charge is 0.478 e. The van der Waals surface area contributed by atoms with Gasteiger partial charge in [-0.1, -0.05) is 18.2 Å². The maximum atomic E-state index is 8.55. The van der Waals surface area contributed by atoms with Crippen LogP contribution >= 0.6 is 0 Å². The Morgan fingerprint density at radius 2 is 2.21 bits per heavy atom. The number of benzene rings is 1. The van der Waals surface area contributed by atoms with Crippen molar-refractivity contribution in [3.05, 3.63) is 48.0 Å². The molecule has 0 unspecified atom stereocenters. The first-order chi connectivity index (χ1) is 9.31. The van der Waals surface area contributed by atoms with Crippen LogP contribution in [-0.2, 0) is 20.1 Å². The van der Waals surface area contributed by atoms with Gasteiger partial charge >= 0.3 is 0 Å². The number of imidazole rings is 1. The predicted octanol–water partition coefficient (Wildman–Crippen LogP) is 1.61. The Bertz CT molecular complexity index is 571. The van der Waals surface area contributed by atoms with Crippen molar-refractivity contribution >= 4 is 0 Å². The van der Waals surface area contributed by atoms with E-state index in [4.69, 9.17) is 10.00 Å². The fraction of sp³-hybridized carbons (Fsp3) is 0.286. The quantitative estimate of drug-likeness (QED) is 0.853. The van der Waals surface area contributed by atoms with Crippen molar-refractivity contribution in [2.45, 2.75) is 13.1 Å². The molecule has 0 aliphatic heterocycles. The molecule has 0 saturated heterocycles. The Kier molecular flexibility index (Phi) is 4.54. The van der Waals surface area contributed by atoms with Crippen molar-refractivity contribution in [2.24, 2.45) is 7.05 Å².